The van der Waals surface area contributed by atoms with Crippen molar-refractivity contribution in [1.82, 2.24) is 9.13 Å². The summed E-state index contributed by atoms with van der Waals surface area (Å²) in [7, 11) is 2.50. The first kappa shape index (κ1) is 14.5. The van der Waals surface area contributed by atoms with E-state index < -0.39 is 28.4 Å². The van der Waals surface area contributed by atoms with E-state index in [1.54, 1.807) is 6.07 Å². The normalized spacial score (nSPS) is 10.2. The van der Waals surface area contributed by atoms with Crippen molar-refractivity contribution in [2.24, 2.45) is 14.1 Å². The van der Waals surface area contributed by atoms with Crippen LogP contribution in [0.1, 0.15) is 5.56 Å². The van der Waals surface area contributed by atoms with Crippen LogP contribution in [-0.4, -0.2) is 9.13 Å². The smallest absolute Gasteiger partial charge is 0.333 e. The molecule has 0 bridgehead atoms. The molecule has 0 N–H and O–H groups in total. The molecule has 1 heterocycles. The minimum Gasteiger partial charge on any atom is -0.439 e. The molecular weight excluding hydrogens is 284 g/mol. The maximum Gasteiger partial charge on any atom is 0.333 e. The standard InChI is InChI=1S/C13H9F2N3O3/c1-17-11(19)8(6-16)12(18(2)13(17)20)21-7-3-4-9(14)10(15)5-7/h3-5H,1-2H3. The Morgan fingerprint density at radius 1 is 1.14 bits per heavy atom. The lowest BCUT2D eigenvalue weighted by Gasteiger charge is -2.12. The van der Waals surface area contributed by atoms with Gasteiger partial charge in [0.2, 0.25) is 5.88 Å². The van der Waals surface area contributed by atoms with E-state index in [9.17, 15) is 18.4 Å². The van der Waals surface area contributed by atoms with Gasteiger partial charge in [-0.15, -0.1) is 0 Å². The number of hydrogen-bond donors (Lipinski definition) is 0. The fourth-order valence-corrected chi connectivity index (χ4v) is 1.69. The Hall–Kier alpha value is -2.95. The first-order valence-corrected chi connectivity index (χ1v) is 5.69. The summed E-state index contributed by atoms with van der Waals surface area (Å²) in [5.41, 5.74) is -1.96. The van der Waals surface area contributed by atoms with Crippen LogP contribution in [0.4, 0.5) is 8.78 Å². The quantitative estimate of drug-likeness (QED) is 0.828. The number of nitrogens with zero attached hydrogens (tertiary/aromatic N) is 3. The number of aromatic nitrogens is 2. The summed E-state index contributed by atoms with van der Waals surface area (Å²) in [5, 5.41) is 9.02. The lowest BCUT2D eigenvalue weighted by molar-refractivity contribution is 0.413. The predicted octanol–water partition coefficient (Wildman–Crippen LogP) is 1.03. The van der Waals surface area contributed by atoms with Crippen LogP contribution in [0.2, 0.25) is 0 Å². The average molecular weight is 293 g/mol. The molecule has 2 aromatic rings. The van der Waals surface area contributed by atoms with Gasteiger partial charge in [-0.2, -0.15) is 5.26 Å². The van der Waals surface area contributed by atoms with Crippen molar-refractivity contribution in [1.29, 1.82) is 5.26 Å². The molecule has 0 saturated carbocycles. The molecule has 0 radical (unpaired) electrons. The van der Waals surface area contributed by atoms with Crippen molar-refractivity contribution >= 4 is 0 Å². The lowest BCUT2D eigenvalue weighted by Crippen LogP contribution is -2.38. The summed E-state index contributed by atoms with van der Waals surface area (Å²) in [6.07, 6.45) is 0. The summed E-state index contributed by atoms with van der Waals surface area (Å²) in [6, 6.07) is 4.32. The molecule has 108 valence electrons. The van der Waals surface area contributed by atoms with Gasteiger partial charge in [0.25, 0.3) is 5.56 Å². The van der Waals surface area contributed by atoms with E-state index in [1.165, 1.54) is 14.1 Å². The second kappa shape index (κ2) is 5.20. The van der Waals surface area contributed by atoms with Gasteiger partial charge in [-0.3, -0.25) is 13.9 Å². The number of ether oxygens (including phenoxy) is 1. The Labute approximate surface area is 117 Å². The van der Waals surface area contributed by atoms with Gasteiger partial charge in [0.1, 0.15) is 11.8 Å². The van der Waals surface area contributed by atoms with Crippen LogP contribution < -0.4 is 16.0 Å². The highest BCUT2D eigenvalue weighted by Crippen LogP contribution is 2.23. The van der Waals surface area contributed by atoms with Crippen LogP contribution >= 0.6 is 0 Å². The molecule has 0 atom stereocenters. The number of rotatable bonds is 2. The molecular formula is C13H9F2N3O3. The van der Waals surface area contributed by atoms with E-state index in [-0.39, 0.29) is 11.6 Å². The fourth-order valence-electron chi connectivity index (χ4n) is 1.69. The zero-order valence-electron chi connectivity index (χ0n) is 11.1. The molecule has 6 nitrogen and oxygen atoms in total. The summed E-state index contributed by atoms with van der Waals surface area (Å²) in [5.74, 6) is -2.70. The Morgan fingerprint density at radius 3 is 2.38 bits per heavy atom. The van der Waals surface area contributed by atoms with Gasteiger partial charge in [0.05, 0.1) is 0 Å². The minimum absolute atomic E-state index is 0.145. The van der Waals surface area contributed by atoms with Crippen LogP contribution in [0.15, 0.2) is 27.8 Å². The van der Waals surface area contributed by atoms with Gasteiger partial charge < -0.3 is 4.74 Å². The molecule has 2 rings (SSSR count). The Bertz CT molecular complexity index is 878. The van der Waals surface area contributed by atoms with Gasteiger partial charge in [-0.05, 0) is 12.1 Å². The molecule has 21 heavy (non-hydrogen) atoms. The number of halogens is 2. The third-order valence-corrected chi connectivity index (χ3v) is 2.83. The zero-order chi connectivity index (χ0) is 15.7. The predicted molar refractivity (Wildman–Crippen MR) is 68.1 cm³/mol. The van der Waals surface area contributed by atoms with Crippen LogP contribution in [0.5, 0.6) is 11.6 Å². The van der Waals surface area contributed by atoms with E-state index in [0.29, 0.717) is 0 Å². The Kier molecular flexibility index (Phi) is 3.58. The van der Waals surface area contributed by atoms with E-state index in [4.69, 9.17) is 10.00 Å². The van der Waals surface area contributed by atoms with Gasteiger partial charge in [0.15, 0.2) is 17.2 Å². The highest BCUT2D eigenvalue weighted by Gasteiger charge is 2.18. The summed E-state index contributed by atoms with van der Waals surface area (Å²) in [6.45, 7) is 0. The molecule has 0 spiro atoms. The van der Waals surface area contributed by atoms with Gasteiger partial charge in [-0.1, -0.05) is 0 Å². The van der Waals surface area contributed by atoms with E-state index in [0.717, 1.165) is 27.3 Å². The van der Waals surface area contributed by atoms with Crippen molar-refractivity contribution in [3.05, 3.63) is 56.2 Å². The van der Waals surface area contributed by atoms with Crippen LogP contribution in [0.25, 0.3) is 0 Å². The third kappa shape index (κ3) is 2.41. The zero-order valence-corrected chi connectivity index (χ0v) is 11.1. The fraction of sp³-hybridized carbons (Fsp3) is 0.154. The summed E-state index contributed by atoms with van der Waals surface area (Å²) >= 11 is 0. The first-order chi connectivity index (χ1) is 9.86. The Morgan fingerprint density at radius 2 is 1.81 bits per heavy atom. The molecule has 0 aliphatic rings. The molecule has 0 aliphatic carbocycles. The van der Waals surface area contributed by atoms with E-state index in [1.807, 2.05) is 0 Å². The average Bonchev–Trinajstić information content (AvgIpc) is 2.46. The highest BCUT2D eigenvalue weighted by atomic mass is 19.2. The largest absolute Gasteiger partial charge is 0.439 e. The van der Waals surface area contributed by atoms with Gasteiger partial charge in [-0.25, -0.2) is 13.6 Å². The van der Waals surface area contributed by atoms with Crippen molar-refractivity contribution < 1.29 is 13.5 Å². The van der Waals surface area contributed by atoms with Gasteiger partial charge >= 0.3 is 5.69 Å². The molecule has 1 aromatic heterocycles. The Balaban J connectivity index is 2.65. The maximum absolute atomic E-state index is 13.1. The molecule has 0 saturated heterocycles. The van der Waals surface area contributed by atoms with Crippen molar-refractivity contribution in [3.63, 3.8) is 0 Å². The summed E-state index contributed by atoms with van der Waals surface area (Å²) < 4.78 is 32.9. The second-order valence-corrected chi connectivity index (χ2v) is 4.18. The van der Waals surface area contributed by atoms with Crippen LogP contribution in [0, 0.1) is 23.0 Å². The molecule has 0 amide bonds. The number of hydrogen-bond acceptors (Lipinski definition) is 4. The molecule has 0 unspecified atom stereocenters. The van der Waals surface area contributed by atoms with E-state index >= 15 is 0 Å². The number of benzene rings is 1. The maximum atomic E-state index is 13.1. The first-order valence-electron chi connectivity index (χ1n) is 5.69. The van der Waals surface area contributed by atoms with Crippen LogP contribution in [0.3, 0.4) is 0 Å². The highest BCUT2D eigenvalue weighted by molar-refractivity contribution is 5.39. The molecule has 1 aromatic carbocycles. The van der Waals surface area contributed by atoms with Crippen LogP contribution in [-0.2, 0) is 14.1 Å². The molecule has 8 heteroatoms. The lowest BCUT2D eigenvalue weighted by atomic mass is 10.3. The number of nitriles is 1. The van der Waals surface area contributed by atoms with Gasteiger partial charge in [0, 0.05) is 20.2 Å². The minimum atomic E-state index is -1.15. The molecule has 0 aliphatic heterocycles. The SMILES string of the molecule is Cn1c(Oc2ccc(F)c(F)c2)c(C#N)c(=O)n(C)c1=O. The van der Waals surface area contributed by atoms with Crippen molar-refractivity contribution in [3.8, 4) is 17.7 Å². The molecule has 0 fully saturated rings. The van der Waals surface area contributed by atoms with Crippen molar-refractivity contribution in [2.75, 3.05) is 0 Å². The van der Waals surface area contributed by atoms with Crippen molar-refractivity contribution in [2.45, 2.75) is 0 Å². The second-order valence-electron chi connectivity index (χ2n) is 4.18. The monoisotopic (exact) mass is 293 g/mol. The summed E-state index contributed by atoms with van der Waals surface area (Å²) in [4.78, 5) is 23.6. The topological polar surface area (TPSA) is 77.0 Å². The van der Waals surface area contributed by atoms with E-state index in [2.05, 4.69) is 0 Å². The third-order valence-electron chi connectivity index (χ3n) is 2.83.